The van der Waals surface area contributed by atoms with Gasteiger partial charge < -0.3 is 0 Å². The summed E-state index contributed by atoms with van der Waals surface area (Å²) in [5.41, 5.74) is 1.18. The van der Waals surface area contributed by atoms with E-state index in [-0.39, 0.29) is 20.7 Å². The van der Waals surface area contributed by atoms with Gasteiger partial charge in [0.2, 0.25) is 0 Å². The van der Waals surface area contributed by atoms with Crippen LogP contribution in [0.15, 0.2) is 28.9 Å². The summed E-state index contributed by atoms with van der Waals surface area (Å²) in [4.78, 5) is 13.4. The van der Waals surface area contributed by atoms with Crippen LogP contribution in [0.5, 0.6) is 5.75 Å². The van der Waals surface area contributed by atoms with E-state index in [2.05, 4.69) is 17.9 Å². The van der Waals surface area contributed by atoms with Gasteiger partial charge in [0.25, 0.3) is 0 Å². The molecule has 90 valence electrons. The van der Waals surface area contributed by atoms with Crippen molar-refractivity contribution in [1.82, 2.24) is 0 Å². The summed E-state index contributed by atoms with van der Waals surface area (Å²) in [7, 11) is 1.67. The van der Waals surface area contributed by atoms with Crippen LogP contribution in [0.4, 0.5) is 5.69 Å². The quantitative estimate of drug-likeness (QED) is 0.622. The predicted octanol–water partition coefficient (Wildman–Crippen LogP) is 1.29. The number of benzene rings is 1. The number of carbonyl (C=O) groups is 1. The van der Waals surface area contributed by atoms with Crippen LogP contribution < -0.4 is 14.1 Å². The third-order valence-corrected chi connectivity index (χ3v) is 4.91. The van der Waals surface area contributed by atoms with E-state index in [0.717, 1.165) is 16.9 Å². The van der Waals surface area contributed by atoms with Crippen molar-refractivity contribution < 1.29 is 9.53 Å². The van der Waals surface area contributed by atoms with Crippen molar-refractivity contribution in [3.63, 3.8) is 0 Å². The maximum atomic E-state index is 11.2. The van der Waals surface area contributed by atoms with Gasteiger partial charge in [-0.2, -0.15) is 0 Å². The number of nitrogens with zero attached hydrogens (tertiary/aromatic N) is 1. The second kappa shape index (κ2) is 4.94. The van der Waals surface area contributed by atoms with Crippen LogP contribution in [0, 0.1) is 0 Å². The zero-order chi connectivity index (χ0) is 12.4. The number of methoxy groups -OCH3 is 1. The molecule has 1 aromatic rings. The molecule has 1 aromatic carbocycles. The predicted molar refractivity (Wildman–Crippen MR) is 70.2 cm³/mol. The van der Waals surface area contributed by atoms with Crippen molar-refractivity contribution in [2.24, 2.45) is 0 Å². The first-order chi connectivity index (χ1) is 8.15. The Kier molecular flexibility index (Phi) is 3.55. The van der Waals surface area contributed by atoms with Crippen molar-refractivity contribution in [1.29, 1.82) is 0 Å². The molecule has 1 aliphatic heterocycles. The fourth-order valence-electron chi connectivity index (χ4n) is 1.82. The third-order valence-electron chi connectivity index (χ3n) is 2.58. The van der Waals surface area contributed by atoms with Crippen LogP contribution in [0.1, 0.15) is 13.8 Å². The summed E-state index contributed by atoms with van der Waals surface area (Å²) in [6.07, 6.45) is 1.75. The first kappa shape index (κ1) is 12.2. The molecule has 4 heteroatoms. The second-order valence-electron chi connectivity index (χ2n) is 3.77. The Bertz CT molecular complexity index is 482. The van der Waals surface area contributed by atoms with E-state index in [4.69, 9.17) is 4.74 Å². The molecule has 0 radical (unpaired) electrons. The number of allylic oxidation sites excluding steroid dienone is 1. The van der Waals surface area contributed by atoms with Crippen LogP contribution in [0.3, 0.4) is 0 Å². The van der Waals surface area contributed by atoms with E-state index in [9.17, 15) is 4.79 Å². The summed E-state index contributed by atoms with van der Waals surface area (Å²) in [5, 5.41) is 0. The van der Waals surface area contributed by atoms with Gasteiger partial charge >= 0.3 is 107 Å². The Morgan fingerprint density at radius 1 is 1.53 bits per heavy atom. The first-order valence-electron chi connectivity index (χ1n) is 5.51. The Balaban J connectivity index is 2.42. The molecule has 1 heterocycles. The molecule has 0 unspecified atom stereocenters. The van der Waals surface area contributed by atoms with Gasteiger partial charge in [-0.3, -0.25) is 0 Å². The molecule has 0 saturated carbocycles. The molecule has 2 rings (SSSR count). The summed E-state index contributed by atoms with van der Waals surface area (Å²) < 4.78 is 7.69. The minimum absolute atomic E-state index is 0.111. The molecule has 0 fully saturated rings. The van der Waals surface area contributed by atoms with E-state index in [1.807, 2.05) is 12.1 Å². The van der Waals surface area contributed by atoms with Crippen LogP contribution in [-0.2, 0) is 4.79 Å². The van der Waals surface area contributed by atoms with E-state index < -0.39 is 0 Å². The minimum atomic E-state index is 0.111. The molecular weight excluding hydrogens is 281 g/mol. The van der Waals surface area contributed by atoms with Crippen molar-refractivity contribution in [2.75, 3.05) is 18.6 Å². The van der Waals surface area contributed by atoms with E-state index in [1.165, 1.54) is 10.1 Å². The Morgan fingerprint density at radius 3 is 2.88 bits per heavy atom. The number of carbonyl (C=O) groups excluding carboxylic acids is 1. The number of hydrogen-bond donors (Lipinski definition) is 0. The molecule has 0 aliphatic carbocycles. The third kappa shape index (κ3) is 2.38. The fourth-order valence-corrected chi connectivity index (χ4v) is 4.33. The molecule has 0 spiro atoms. The fraction of sp³-hybridized carbons (Fsp3) is 0.308. The van der Waals surface area contributed by atoms with Gasteiger partial charge in [-0.15, -0.1) is 0 Å². The van der Waals surface area contributed by atoms with E-state index in [0.29, 0.717) is 0 Å². The summed E-state index contributed by atoms with van der Waals surface area (Å²) >= 11 is 0.225. The molecule has 0 aromatic heterocycles. The van der Waals surface area contributed by atoms with Crippen molar-refractivity contribution >= 4 is 30.9 Å². The average Bonchev–Trinajstić information content (AvgIpc) is 2.63. The summed E-state index contributed by atoms with van der Waals surface area (Å²) in [5.74, 6) is 0.974. The van der Waals surface area contributed by atoms with Gasteiger partial charge in [-0.05, 0) is 0 Å². The maximum absolute atomic E-state index is 11.2. The van der Waals surface area contributed by atoms with Crippen LogP contribution in [-0.4, -0.2) is 34.4 Å². The van der Waals surface area contributed by atoms with Crippen LogP contribution in [0.2, 0.25) is 0 Å². The molecule has 0 N–H and O–H groups in total. The van der Waals surface area contributed by atoms with Gasteiger partial charge in [0.05, 0.1) is 0 Å². The zero-order valence-corrected chi connectivity index (χ0v) is 11.9. The van der Waals surface area contributed by atoms with Crippen molar-refractivity contribution in [3.8, 4) is 5.75 Å². The summed E-state index contributed by atoms with van der Waals surface area (Å²) in [6, 6.07) is 6.12. The number of ketones is 1. The van der Waals surface area contributed by atoms with Gasteiger partial charge in [-0.25, -0.2) is 0 Å². The van der Waals surface area contributed by atoms with Gasteiger partial charge in [0.15, 0.2) is 0 Å². The molecule has 17 heavy (non-hydrogen) atoms. The number of anilines is 1. The van der Waals surface area contributed by atoms with Crippen LogP contribution >= 0.6 is 0 Å². The standard InChI is InChI=1S/C13H15NO2Se/c1-4-14-11-8-10(16-3)5-6-12(11)17-13(14)7-9(2)15/h5-8H,4H2,1-3H3/b13-7-. The Labute approximate surface area is 108 Å². The first-order valence-corrected chi connectivity index (χ1v) is 7.22. The van der Waals surface area contributed by atoms with Crippen molar-refractivity contribution in [2.45, 2.75) is 13.8 Å². The van der Waals surface area contributed by atoms with Crippen LogP contribution in [0.25, 0.3) is 0 Å². The second-order valence-corrected chi connectivity index (χ2v) is 6.00. The summed E-state index contributed by atoms with van der Waals surface area (Å²) in [6.45, 7) is 4.57. The SMILES string of the molecule is CCN1/C(=C/C(C)=O)[Se]c2ccc(OC)cc21. The molecular formula is C13H15NO2Se. The molecule has 0 saturated heterocycles. The number of rotatable bonds is 3. The molecule has 3 nitrogen and oxygen atoms in total. The molecule has 0 atom stereocenters. The Morgan fingerprint density at radius 2 is 2.29 bits per heavy atom. The molecule has 0 bridgehead atoms. The number of hydrogen-bond acceptors (Lipinski definition) is 3. The molecule has 0 amide bonds. The van der Waals surface area contributed by atoms with Gasteiger partial charge in [0, 0.05) is 0 Å². The van der Waals surface area contributed by atoms with Crippen molar-refractivity contribution in [3.05, 3.63) is 28.9 Å². The number of fused-ring (bicyclic) bond motifs is 1. The average molecular weight is 296 g/mol. The normalized spacial score (nSPS) is 16.2. The van der Waals surface area contributed by atoms with E-state index >= 15 is 0 Å². The van der Waals surface area contributed by atoms with Gasteiger partial charge in [0.1, 0.15) is 0 Å². The van der Waals surface area contributed by atoms with Gasteiger partial charge in [-0.1, -0.05) is 0 Å². The zero-order valence-electron chi connectivity index (χ0n) is 10.2. The Hall–Kier alpha value is -1.25. The number of ether oxygens (including phenoxy) is 1. The van der Waals surface area contributed by atoms with E-state index in [1.54, 1.807) is 20.1 Å². The molecule has 1 aliphatic rings. The monoisotopic (exact) mass is 297 g/mol. The topological polar surface area (TPSA) is 29.5 Å².